The average Bonchev–Trinajstić information content (AvgIpc) is 2.61. The van der Waals surface area contributed by atoms with Gasteiger partial charge in [0.2, 0.25) is 10.0 Å². The summed E-state index contributed by atoms with van der Waals surface area (Å²) in [5.41, 5.74) is 0.301. The van der Waals surface area contributed by atoms with Crippen LogP contribution in [-0.4, -0.2) is 35.0 Å². The van der Waals surface area contributed by atoms with Crippen molar-refractivity contribution in [3.63, 3.8) is 0 Å². The van der Waals surface area contributed by atoms with Crippen molar-refractivity contribution in [1.82, 2.24) is 10.0 Å². The second kappa shape index (κ2) is 9.64. The molecule has 0 bridgehead atoms. The van der Waals surface area contributed by atoms with Gasteiger partial charge >= 0.3 is 0 Å². The van der Waals surface area contributed by atoms with Crippen LogP contribution in [0.15, 0.2) is 23.1 Å². The third-order valence-corrected chi connectivity index (χ3v) is 5.51. The van der Waals surface area contributed by atoms with E-state index in [0.29, 0.717) is 18.0 Å². The van der Waals surface area contributed by atoms with E-state index in [1.165, 1.54) is 26.3 Å². The van der Waals surface area contributed by atoms with E-state index < -0.39 is 10.0 Å². The molecular weight excluding hydrogens is 328 g/mol. The lowest BCUT2D eigenvalue weighted by atomic mass is 9.99. The van der Waals surface area contributed by atoms with Crippen LogP contribution in [0.5, 0.6) is 5.75 Å². The zero-order valence-corrected chi connectivity index (χ0v) is 15.7. The summed E-state index contributed by atoms with van der Waals surface area (Å²) < 4.78 is 31.4. The largest absolute Gasteiger partial charge is 0.495 e. The summed E-state index contributed by atoms with van der Waals surface area (Å²) in [5, 5.41) is 2.90. The van der Waals surface area contributed by atoms with Gasteiger partial charge < -0.3 is 10.1 Å². The molecule has 136 valence electrons. The van der Waals surface area contributed by atoms with Gasteiger partial charge in [-0.3, -0.25) is 4.79 Å². The number of carbonyl (C=O) groups is 1. The van der Waals surface area contributed by atoms with Crippen molar-refractivity contribution in [1.29, 1.82) is 0 Å². The van der Waals surface area contributed by atoms with Crippen LogP contribution in [0.1, 0.15) is 49.9 Å². The third kappa shape index (κ3) is 5.49. The van der Waals surface area contributed by atoms with Gasteiger partial charge in [0.05, 0.1) is 7.11 Å². The van der Waals surface area contributed by atoms with Crippen LogP contribution >= 0.6 is 0 Å². The Bertz CT molecular complexity index is 644. The van der Waals surface area contributed by atoms with E-state index in [9.17, 15) is 13.2 Å². The van der Waals surface area contributed by atoms with E-state index in [1.54, 1.807) is 6.07 Å². The lowest BCUT2D eigenvalue weighted by Gasteiger charge is -2.16. The zero-order chi connectivity index (χ0) is 18.2. The molecule has 1 aromatic carbocycles. The normalized spacial score (nSPS) is 12.7. The minimum Gasteiger partial charge on any atom is -0.495 e. The Hall–Kier alpha value is -1.60. The molecule has 0 fully saturated rings. The Balaban J connectivity index is 2.90. The second-order valence-corrected chi connectivity index (χ2v) is 7.55. The molecule has 1 rings (SSSR count). The number of rotatable bonds is 10. The van der Waals surface area contributed by atoms with Crippen molar-refractivity contribution in [2.45, 2.75) is 44.4 Å². The van der Waals surface area contributed by atoms with E-state index >= 15 is 0 Å². The lowest BCUT2D eigenvalue weighted by molar-refractivity contribution is 0.0945. The highest BCUT2D eigenvalue weighted by molar-refractivity contribution is 7.89. The van der Waals surface area contributed by atoms with Gasteiger partial charge in [-0.25, -0.2) is 13.1 Å². The van der Waals surface area contributed by atoms with Gasteiger partial charge in [-0.05, 0) is 37.6 Å². The average molecular weight is 356 g/mol. The Kier molecular flexibility index (Phi) is 8.21. The topological polar surface area (TPSA) is 84.5 Å². The van der Waals surface area contributed by atoms with Crippen molar-refractivity contribution in [2.75, 3.05) is 20.7 Å². The molecule has 0 aliphatic heterocycles. The SMILES string of the molecule is CCCCC(CC)CNC(=O)c1ccc(OC)c(S(=O)(=O)NC)c1. The molecule has 6 nitrogen and oxygen atoms in total. The number of carbonyl (C=O) groups excluding carboxylic acids is 1. The first-order valence-corrected chi connectivity index (χ1v) is 9.77. The second-order valence-electron chi connectivity index (χ2n) is 5.70. The van der Waals surface area contributed by atoms with E-state index in [0.717, 1.165) is 25.7 Å². The standard InChI is InChI=1S/C17H28N2O4S/c1-5-7-8-13(6-2)12-19-17(20)14-9-10-15(23-4)16(11-14)24(21,22)18-3/h9-11,13,18H,5-8,12H2,1-4H3,(H,19,20). The number of hydrogen-bond donors (Lipinski definition) is 2. The molecule has 7 heteroatoms. The van der Waals surface area contributed by atoms with Gasteiger partial charge in [-0.1, -0.05) is 33.1 Å². The maximum Gasteiger partial charge on any atom is 0.251 e. The number of amides is 1. The summed E-state index contributed by atoms with van der Waals surface area (Å²) in [4.78, 5) is 12.3. The van der Waals surface area contributed by atoms with Gasteiger partial charge in [-0.15, -0.1) is 0 Å². The fraction of sp³-hybridized carbons (Fsp3) is 0.588. The fourth-order valence-electron chi connectivity index (χ4n) is 2.42. The molecule has 0 aliphatic carbocycles. The lowest BCUT2D eigenvalue weighted by Crippen LogP contribution is -2.29. The first-order chi connectivity index (χ1) is 11.4. The molecule has 0 aromatic heterocycles. The molecule has 0 aliphatic rings. The van der Waals surface area contributed by atoms with Crippen LogP contribution in [0.3, 0.4) is 0 Å². The van der Waals surface area contributed by atoms with Crippen molar-refractivity contribution < 1.29 is 17.9 Å². The third-order valence-electron chi connectivity index (χ3n) is 4.08. The van der Waals surface area contributed by atoms with Crippen molar-refractivity contribution in [2.24, 2.45) is 5.92 Å². The number of benzene rings is 1. The molecule has 2 N–H and O–H groups in total. The minimum atomic E-state index is -3.70. The highest BCUT2D eigenvalue weighted by atomic mass is 32.2. The summed E-state index contributed by atoms with van der Waals surface area (Å²) in [6, 6.07) is 4.40. The van der Waals surface area contributed by atoms with Crippen LogP contribution in [0.4, 0.5) is 0 Å². The van der Waals surface area contributed by atoms with Gasteiger partial charge in [0.25, 0.3) is 5.91 Å². The van der Waals surface area contributed by atoms with Crippen molar-refractivity contribution >= 4 is 15.9 Å². The number of hydrogen-bond acceptors (Lipinski definition) is 4. The molecule has 24 heavy (non-hydrogen) atoms. The van der Waals surface area contributed by atoms with Crippen molar-refractivity contribution in [3.8, 4) is 5.75 Å². The molecule has 1 atom stereocenters. The number of ether oxygens (including phenoxy) is 1. The zero-order valence-electron chi connectivity index (χ0n) is 14.9. The predicted molar refractivity (Wildman–Crippen MR) is 94.9 cm³/mol. The predicted octanol–water partition coefficient (Wildman–Crippen LogP) is 2.55. The smallest absolute Gasteiger partial charge is 0.251 e. The van der Waals surface area contributed by atoms with Gasteiger partial charge in [0.1, 0.15) is 10.6 Å². The molecule has 0 radical (unpaired) electrons. The van der Waals surface area contributed by atoms with Gasteiger partial charge in [-0.2, -0.15) is 0 Å². The van der Waals surface area contributed by atoms with E-state index in [-0.39, 0.29) is 16.6 Å². The van der Waals surface area contributed by atoms with Gasteiger partial charge in [0.15, 0.2) is 0 Å². The van der Waals surface area contributed by atoms with Crippen LogP contribution in [-0.2, 0) is 10.0 Å². The summed E-state index contributed by atoms with van der Waals surface area (Å²) in [5.74, 6) is 0.364. The van der Waals surface area contributed by atoms with Crippen LogP contribution in [0.2, 0.25) is 0 Å². The highest BCUT2D eigenvalue weighted by Crippen LogP contribution is 2.24. The van der Waals surface area contributed by atoms with Crippen molar-refractivity contribution in [3.05, 3.63) is 23.8 Å². The number of unbranched alkanes of at least 4 members (excludes halogenated alkanes) is 1. The van der Waals surface area contributed by atoms with E-state index in [1.807, 2.05) is 0 Å². The molecule has 1 aromatic rings. The monoisotopic (exact) mass is 356 g/mol. The molecule has 1 unspecified atom stereocenters. The Morgan fingerprint density at radius 3 is 2.54 bits per heavy atom. The highest BCUT2D eigenvalue weighted by Gasteiger charge is 2.20. The van der Waals surface area contributed by atoms with E-state index in [2.05, 4.69) is 23.9 Å². The fourth-order valence-corrected chi connectivity index (χ4v) is 3.34. The Morgan fingerprint density at radius 2 is 2.00 bits per heavy atom. The quantitative estimate of drug-likeness (QED) is 0.675. The van der Waals surface area contributed by atoms with Crippen LogP contribution in [0.25, 0.3) is 0 Å². The minimum absolute atomic E-state index is 0.0434. The first kappa shape index (κ1) is 20.4. The molecule has 0 spiro atoms. The molecule has 0 saturated heterocycles. The summed E-state index contributed by atoms with van der Waals surface area (Å²) in [6.45, 7) is 4.85. The molecule has 0 saturated carbocycles. The summed E-state index contributed by atoms with van der Waals surface area (Å²) in [6.07, 6.45) is 4.35. The number of sulfonamides is 1. The Morgan fingerprint density at radius 1 is 1.29 bits per heavy atom. The van der Waals surface area contributed by atoms with E-state index in [4.69, 9.17) is 4.74 Å². The van der Waals surface area contributed by atoms with Crippen LogP contribution in [0, 0.1) is 5.92 Å². The molecule has 1 amide bonds. The van der Waals surface area contributed by atoms with Crippen LogP contribution < -0.4 is 14.8 Å². The Labute approximate surface area is 145 Å². The summed E-state index contributed by atoms with van der Waals surface area (Å²) in [7, 11) is -0.987. The maximum absolute atomic E-state index is 12.3. The molecule has 0 heterocycles. The summed E-state index contributed by atoms with van der Waals surface area (Å²) >= 11 is 0. The number of methoxy groups -OCH3 is 1. The van der Waals surface area contributed by atoms with Gasteiger partial charge in [0, 0.05) is 12.1 Å². The molecular formula is C17H28N2O4S. The first-order valence-electron chi connectivity index (χ1n) is 8.29. The maximum atomic E-state index is 12.3. The number of nitrogens with one attached hydrogen (secondary N) is 2.